The Bertz CT molecular complexity index is 537. The van der Waals surface area contributed by atoms with E-state index in [1.54, 1.807) is 0 Å². The summed E-state index contributed by atoms with van der Waals surface area (Å²) in [5.74, 6) is -0.283. The number of methoxy groups -OCH3 is 1. The minimum absolute atomic E-state index is 0.204. The summed E-state index contributed by atoms with van der Waals surface area (Å²) in [5, 5.41) is 2.71. The molecule has 0 atom stereocenters. The quantitative estimate of drug-likeness (QED) is 0.667. The Morgan fingerprint density at radius 1 is 1.53 bits per heavy atom. The molecule has 0 amide bonds. The first-order valence-electron chi connectivity index (χ1n) is 5.06. The molecule has 2 rings (SSSR count). The van der Waals surface area contributed by atoms with E-state index in [-0.39, 0.29) is 12.4 Å². The molecule has 0 fully saturated rings. The standard InChI is InChI=1S/C12H12N2O2S/c1-16-11(15)6-10-7-17-12(14-10)8-3-2-4-9(13)5-8/h2-5,7H,6,13H2,1H3. The molecule has 0 aliphatic heterocycles. The molecular weight excluding hydrogens is 236 g/mol. The number of carbonyl (C=O) groups excluding carboxylic acids is 1. The van der Waals surface area contributed by atoms with Crippen molar-refractivity contribution in [2.75, 3.05) is 12.8 Å². The van der Waals surface area contributed by atoms with Gasteiger partial charge in [-0.2, -0.15) is 0 Å². The number of benzene rings is 1. The Kier molecular flexibility index (Phi) is 3.39. The molecule has 0 saturated heterocycles. The van der Waals surface area contributed by atoms with E-state index in [9.17, 15) is 4.79 Å². The summed E-state index contributed by atoms with van der Waals surface area (Å²) >= 11 is 1.49. The normalized spacial score (nSPS) is 10.2. The van der Waals surface area contributed by atoms with Crippen LogP contribution in [0.4, 0.5) is 5.69 Å². The molecule has 0 spiro atoms. The average Bonchev–Trinajstić information content (AvgIpc) is 2.77. The fourth-order valence-electron chi connectivity index (χ4n) is 1.41. The number of aromatic nitrogens is 1. The highest BCUT2D eigenvalue weighted by Crippen LogP contribution is 2.25. The van der Waals surface area contributed by atoms with Gasteiger partial charge in [0.2, 0.25) is 0 Å². The highest BCUT2D eigenvalue weighted by Gasteiger charge is 2.08. The second-order valence-corrected chi connectivity index (χ2v) is 4.38. The molecule has 1 aromatic carbocycles. The monoisotopic (exact) mass is 248 g/mol. The first-order chi connectivity index (χ1) is 8.19. The van der Waals surface area contributed by atoms with Crippen molar-refractivity contribution in [1.82, 2.24) is 4.98 Å². The second-order valence-electron chi connectivity index (χ2n) is 3.52. The molecule has 0 radical (unpaired) electrons. The van der Waals surface area contributed by atoms with Crippen molar-refractivity contribution in [3.05, 3.63) is 35.3 Å². The topological polar surface area (TPSA) is 65.2 Å². The fourth-order valence-corrected chi connectivity index (χ4v) is 2.23. The molecule has 17 heavy (non-hydrogen) atoms. The number of nitrogen functional groups attached to an aromatic ring is 1. The number of thiazole rings is 1. The van der Waals surface area contributed by atoms with Gasteiger partial charge in [-0.15, -0.1) is 11.3 Å². The number of anilines is 1. The summed E-state index contributed by atoms with van der Waals surface area (Å²) in [6, 6.07) is 7.51. The number of carbonyl (C=O) groups is 1. The van der Waals surface area contributed by atoms with Crippen LogP contribution < -0.4 is 5.73 Å². The Labute approximate surface area is 103 Å². The SMILES string of the molecule is COC(=O)Cc1csc(-c2cccc(N)c2)n1. The molecular formula is C12H12N2O2S. The summed E-state index contributed by atoms with van der Waals surface area (Å²) in [4.78, 5) is 15.5. The maximum absolute atomic E-state index is 11.1. The van der Waals surface area contributed by atoms with E-state index >= 15 is 0 Å². The predicted molar refractivity (Wildman–Crippen MR) is 67.7 cm³/mol. The smallest absolute Gasteiger partial charge is 0.311 e. The van der Waals surface area contributed by atoms with Gasteiger partial charge in [0.05, 0.1) is 19.2 Å². The largest absolute Gasteiger partial charge is 0.469 e. The van der Waals surface area contributed by atoms with Gasteiger partial charge in [0, 0.05) is 16.6 Å². The highest BCUT2D eigenvalue weighted by molar-refractivity contribution is 7.13. The van der Waals surface area contributed by atoms with Crippen LogP contribution in [0.5, 0.6) is 0 Å². The van der Waals surface area contributed by atoms with Crippen molar-refractivity contribution in [2.24, 2.45) is 0 Å². The molecule has 0 unspecified atom stereocenters. The molecule has 88 valence electrons. The third kappa shape index (κ3) is 2.82. The van der Waals surface area contributed by atoms with E-state index in [0.717, 1.165) is 16.3 Å². The Balaban J connectivity index is 2.21. The van der Waals surface area contributed by atoms with E-state index < -0.39 is 0 Å². The van der Waals surface area contributed by atoms with E-state index in [0.29, 0.717) is 5.69 Å². The van der Waals surface area contributed by atoms with E-state index in [2.05, 4.69) is 9.72 Å². The number of ether oxygens (including phenoxy) is 1. The molecule has 0 aliphatic carbocycles. The zero-order chi connectivity index (χ0) is 12.3. The van der Waals surface area contributed by atoms with E-state index in [4.69, 9.17) is 5.73 Å². The summed E-state index contributed by atoms with van der Waals surface area (Å²) in [6.45, 7) is 0. The van der Waals surface area contributed by atoms with Gasteiger partial charge in [0.25, 0.3) is 0 Å². The Hall–Kier alpha value is -1.88. The van der Waals surface area contributed by atoms with Gasteiger partial charge < -0.3 is 10.5 Å². The van der Waals surface area contributed by atoms with Crippen LogP contribution >= 0.6 is 11.3 Å². The summed E-state index contributed by atoms with van der Waals surface area (Å²) in [7, 11) is 1.37. The minimum Gasteiger partial charge on any atom is -0.469 e. The molecule has 0 bridgehead atoms. The fraction of sp³-hybridized carbons (Fsp3) is 0.167. The lowest BCUT2D eigenvalue weighted by molar-refractivity contribution is -0.139. The lowest BCUT2D eigenvalue weighted by atomic mass is 10.2. The van der Waals surface area contributed by atoms with Gasteiger partial charge >= 0.3 is 5.97 Å². The van der Waals surface area contributed by atoms with Gasteiger partial charge in [-0.25, -0.2) is 4.98 Å². The Morgan fingerprint density at radius 2 is 2.35 bits per heavy atom. The van der Waals surface area contributed by atoms with Crippen LogP contribution in [-0.4, -0.2) is 18.1 Å². The zero-order valence-electron chi connectivity index (χ0n) is 9.34. The van der Waals surface area contributed by atoms with Gasteiger partial charge in [-0.05, 0) is 12.1 Å². The van der Waals surface area contributed by atoms with E-state index in [1.165, 1.54) is 18.4 Å². The third-order valence-corrected chi connectivity index (χ3v) is 3.18. The molecule has 4 nitrogen and oxygen atoms in total. The number of hydrogen-bond acceptors (Lipinski definition) is 5. The molecule has 1 heterocycles. The first kappa shape index (κ1) is 11.6. The average molecular weight is 248 g/mol. The van der Waals surface area contributed by atoms with Gasteiger partial charge in [-0.1, -0.05) is 12.1 Å². The Morgan fingerprint density at radius 3 is 3.06 bits per heavy atom. The zero-order valence-corrected chi connectivity index (χ0v) is 10.2. The molecule has 1 aromatic heterocycles. The molecule has 5 heteroatoms. The number of nitrogens with zero attached hydrogens (tertiary/aromatic N) is 1. The maximum Gasteiger partial charge on any atom is 0.311 e. The molecule has 2 aromatic rings. The lowest BCUT2D eigenvalue weighted by Gasteiger charge is -1.97. The summed E-state index contributed by atoms with van der Waals surface area (Å²) in [6.07, 6.45) is 0.204. The van der Waals surface area contributed by atoms with Gasteiger partial charge in [0.1, 0.15) is 5.01 Å². The van der Waals surface area contributed by atoms with Gasteiger partial charge in [-0.3, -0.25) is 4.79 Å². The molecule has 0 saturated carbocycles. The number of esters is 1. The van der Waals surface area contributed by atoms with Gasteiger partial charge in [0.15, 0.2) is 0 Å². The van der Waals surface area contributed by atoms with Crippen LogP contribution in [0.2, 0.25) is 0 Å². The van der Waals surface area contributed by atoms with Crippen molar-refractivity contribution < 1.29 is 9.53 Å². The van der Waals surface area contributed by atoms with Crippen LogP contribution in [0.25, 0.3) is 10.6 Å². The number of nitrogens with two attached hydrogens (primary N) is 1. The first-order valence-corrected chi connectivity index (χ1v) is 5.94. The van der Waals surface area contributed by atoms with Crippen LogP contribution in [0.3, 0.4) is 0 Å². The minimum atomic E-state index is -0.283. The summed E-state index contributed by atoms with van der Waals surface area (Å²) in [5.41, 5.74) is 8.09. The van der Waals surface area contributed by atoms with Crippen LogP contribution in [-0.2, 0) is 16.0 Å². The van der Waals surface area contributed by atoms with Crippen molar-refractivity contribution in [1.29, 1.82) is 0 Å². The van der Waals surface area contributed by atoms with Crippen molar-refractivity contribution >= 4 is 23.0 Å². The van der Waals surface area contributed by atoms with E-state index in [1.807, 2.05) is 29.6 Å². The second kappa shape index (κ2) is 4.97. The maximum atomic E-state index is 11.1. The lowest BCUT2D eigenvalue weighted by Crippen LogP contribution is -2.04. The molecule has 0 aliphatic rings. The third-order valence-electron chi connectivity index (χ3n) is 2.24. The van der Waals surface area contributed by atoms with Crippen molar-refractivity contribution in [2.45, 2.75) is 6.42 Å². The summed E-state index contributed by atoms with van der Waals surface area (Å²) < 4.78 is 4.59. The van der Waals surface area contributed by atoms with Crippen LogP contribution in [0, 0.1) is 0 Å². The molecule has 2 N–H and O–H groups in total. The predicted octanol–water partition coefficient (Wildman–Crippen LogP) is 2.11. The van der Waals surface area contributed by atoms with Crippen LogP contribution in [0.1, 0.15) is 5.69 Å². The van der Waals surface area contributed by atoms with Crippen molar-refractivity contribution in [3.63, 3.8) is 0 Å². The van der Waals surface area contributed by atoms with Crippen LogP contribution in [0.15, 0.2) is 29.6 Å². The number of rotatable bonds is 3. The number of hydrogen-bond donors (Lipinski definition) is 1. The highest BCUT2D eigenvalue weighted by atomic mass is 32.1. The van der Waals surface area contributed by atoms with Crippen molar-refractivity contribution in [3.8, 4) is 10.6 Å².